The number of thiophene rings is 1. The van der Waals surface area contributed by atoms with E-state index in [0.29, 0.717) is 5.69 Å². The molecule has 0 aromatic carbocycles. The van der Waals surface area contributed by atoms with Gasteiger partial charge in [0.15, 0.2) is 0 Å². The molecular formula is C16H18N4O2S. The maximum atomic E-state index is 12.0. The fourth-order valence-electron chi connectivity index (χ4n) is 2.29. The first-order valence-corrected chi connectivity index (χ1v) is 8.08. The van der Waals surface area contributed by atoms with E-state index in [1.54, 1.807) is 19.2 Å². The van der Waals surface area contributed by atoms with E-state index in [9.17, 15) is 9.90 Å². The van der Waals surface area contributed by atoms with Gasteiger partial charge in [0.2, 0.25) is 0 Å². The number of hydrogen-bond acceptors (Lipinski definition) is 4. The number of carbonyl (C=O) groups is 1. The molecule has 0 aliphatic rings. The predicted molar refractivity (Wildman–Crippen MR) is 90.8 cm³/mol. The van der Waals surface area contributed by atoms with Crippen LogP contribution in [0.3, 0.4) is 0 Å². The Hall–Kier alpha value is -2.38. The lowest BCUT2D eigenvalue weighted by Gasteiger charge is -2.22. The van der Waals surface area contributed by atoms with Crippen molar-refractivity contribution >= 4 is 28.7 Å². The van der Waals surface area contributed by atoms with Gasteiger partial charge in [0.05, 0.1) is 17.9 Å². The van der Waals surface area contributed by atoms with Gasteiger partial charge in [0, 0.05) is 17.3 Å². The minimum atomic E-state index is -1.09. The van der Waals surface area contributed by atoms with E-state index in [4.69, 9.17) is 0 Å². The van der Waals surface area contributed by atoms with Gasteiger partial charge in [-0.3, -0.25) is 0 Å². The molecule has 1 atom stereocenters. The molecule has 0 saturated heterocycles. The Bertz CT molecular complexity index is 824. The van der Waals surface area contributed by atoms with E-state index < -0.39 is 5.60 Å². The van der Waals surface area contributed by atoms with Crippen molar-refractivity contribution in [2.24, 2.45) is 0 Å². The van der Waals surface area contributed by atoms with Crippen LogP contribution < -0.4 is 10.6 Å². The Labute approximate surface area is 137 Å². The van der Waals surface area contributed by atoms with Crippen molar-refractivity contribution in [3.63, 3.8) is 0 Å². The third kappa shape index (κ3) is 3.52. The molecule has 6 nitrogen and oxygen atoms in total. The minimum absolute atomic E-state index is 0.131. The summed E-state index contributed by atoms with van der Waals surface area (Å²) in [5, 5.41) is 17.7. The van der Waals surface area contributed by atoms with Crippen molar-refractivity contribution in [1.29, 1.82) is 0 Å². The van der Waals surface area contributed by atoms with E-state index in [1.807, 2.05) is 41.1 Å². The molecule has 3 N–H and O–H groups in total. The lowest BCUT2D eigenvalue weighted by atomic mass is 10.1. The Balaban J connectivity index is 1.62. The number of hydrogen-bond donors (Lipinski definition) is 3. The maximum Gasteiger partial charge on any atom is 0.319 e. The number of imidazole rings is 1. The Morgan fingerprint density at radius 2 is 2.22 bits per heavy atom. The smallest absolute Gasteiger partial charge is 0.319 e. The van der Waals surface area contributed by atoms with Crippen LogP contribution in [-0.4, -0.2) is 27.1 Å². The second-order valence-electron chi connectivity index (χ2n) is 5.62. The van der Waals surface area contributed by atoms with Crippen LogP contribution in [0.2, 0.25) is 0 Å². The summed E-state index contributed by atoms with van der Waals surface area (Å²) in [4.78, 5) is 17.2. The SMILES string of the molecule is Cc1cn2cc(NC(=O)NC[C@@](C)(O)c3cccs3)ccc2n1. The van der Waals surface area contributed by atoms with Crippen molar-refractivity contribution < 1.29 is 9.90 Å². The molecule has 0 aliphatic carbocycles. The number of aliphatic hydroxyl groups is 1. The highest BCUT2D eigenvalue weighted by atomic mass is 32.1. The molecule has 0 saturated carbocycles. The highest BCUT2D eigenvalue weighted by molar-refractivity contribution is 7.10. The number of anilines is 1. The number of aromatic nitrogens is 2. The van der Waals surface area contributed by atoms with Crippen LogP contribution >= 0.6 is 11.3 Å². The highest BCUT2D eigenvalue weighted by Crippen LogP contribution is 2.24. The summed E-state index contributed by atoms with van der Waals surface area (Å²) >= 11 is 1.46. The summed E-state index contributed by atoms with van der Waals surface area (Å²) < 4.78 is 1.85. The fraction of sp³-hybridized carbons (Fsp3) is 0.250. The molecular weight excluding hydrogens is 312 g/mol. The quantitative estimate of drug-likeness (QED) is 0.688. The molecule has 120 valence electrons. The summed E-state index contributed by atoms with van der Waals surface area (Å²) in [7, 11) is 0. The van der Waals surface area contributed by atoms with E-state index in [-0.39, 0.29) is 12.6 Å². The van der Waals surface area contributed by atoms with E-state index in [1.165, 1.54) is 11.3 Å². The molecule has 0 spiro atoms. The van der Waals surface area contributed by atoms with Gasteiger partial charge in [-0.15, -0.1) is 11.3 Å². The van der Waals surface area contributed by atoms with Crippen molar-refractivity contribution in [3.8, 4) is 0 Å². The van der Waals surface area contributed by atoms with Crippen LogP contribution in [0.4, 0.5) is 10.5 Å². The maximum absolute atomic E-state index is 12.0. The van der Waals surface area contributed by atoms with Crippen LogP contribution in [0.5, 0.6) is 0 Å². The normalized spacial score (nSPS) is 13.7. The minimum Gasteiger partial charge on any atom is -0.383 e. The lowest BCUT2D eigenvalue weighted by molar-refractivity contribution is 0.0637. The first kappa shape index (κ1) is 15.5. The molecule has 7 heteroatoms. The van der Waals surface area contributed by atoms with Crippen LogP contribution in [0, 0.1) is 6.92 Å². The number of nitrogens with one attached hydrogen (secondary N) is 2. The molecule has 23 heavy (non-hydrogen) atoms. The highest BCUT2D eigenvalue weighted by Gasteiger charge is 2.24. The number of urea groups is 1. The van der Waals surface area contributed by atoms with E-state index in [0.717, 1.165) is 16.2 Å². The van der Waals surface area contributed by atoms with Gasteiger partial charge in [0.1, 0.15) is 11.2 Å². The van der Waals surface area contributed by atoms with Crippen molar-refractivity contribution in [3.05, 3.63) is 52.6 Å². The zero-order valence-electron chi connectivity index (χ0n) is 12.9. The summed E-state index contributed by atoms with van der Waals surface area (Å²) in [6.07, 6.45) is 3.69. The standard InChI is InChI=1S/C16H18N4O2S/c1-11-8-20-9-12(5-6-14(20)18-11)19-15(21)17-10-16(2,22)13-4-3-7-23-13/h3-9,22H,10H2,1-2H3,(H2,17,19,21)/t16-/m1/s1. The first-order valence-electron chi connectivity index (χ1n) is 7.21. The summed E-state index contributed by atoms with van der Waals surface area (Å²) in [5.74, 6) is 0. The number of amides is 2. The summed E-state index contributed by atoms with van der Waals surface area (Å²) in [6, 6.07) is 6.98. The molecule has 3 heterocycles. The van der Waals surface area contributed by atoms with Gasteiger partial charge in [0.25, 0.3) is 0 Å². The van der Waals surface area contributed by atoms with Crippen LogP contribution in [0.1, 0.15) is 17.5 Å². The molecule has 3 aromatic rings. The van der Waals surface area contributed by atoms with Crippen LogP contribution in [-0.2, 0) is 5.60 Å². The van der Waals surface area contributed by atoms with Crippen molar-refractivity contribution in [2.45, 2.75) is 19.4 Å². The average Bonchev–Trinajstić information content (AvgIpc) is 3.13. The van der Waals surface area contributed by atoms with Crippen molar-refractivity contribution in [1.82, 2.24) is 14.7 Å². The van der Waals surface area contributed by atoms with Gasteiger partial charge in [-0.25, -0.2) is 9.78 Å². The Morgan fingerprint density at radius 3 is 2.96 bits per heavy atom. The third-order valence-corrected chi connectivity index (χ3v) is 4.60. The van der Waals surface area contributed by atoms with Crippen molar-refractivity contribution in [2.75, 3.05) is 11.9 Å². The first-order chi connectivity index (χ1) is 10.9. The number of nitrogens with zero attached hydrogens (tertiary/aromatic N) is 2. The number of carbonyl (C=O) groups excluding carboxylic acids is 1. The lowest BCUT2D eigenvalue weighted by Crippen LogP contribution is -2.40. The Morgan fingerprint density at radius 1 is 1.39 bits per heavy atom. The second-order valence-corrected chi connectivity index (χ2v) is 6.57. The number of pyridine rings is 1. The predicted octanol–water partition coefficient (Wildman–Crippen LogP) is 2.73. The molecule has 0 radical (unpaired) electrons. The zero-order valence-corrected chi connectivity index (χ0v) is 13.7. The molecule has 3 rings (SSSR count). The van der Waals surface area contributed by atoms with E-state index >= 15 is 0 Å². The summed E-state index contributed by atoms with van der Waals surface area (Å²) in [5.41, 5.74) is 1.31. The third-order valence-electron chi connectivity index (χ3n) is 3.47. The number of fused-ring (bicyclic) bond motifs is 1. The zero-order chi connectivity index (χ0) is 16.4. The average molecular weight is 330 g/mol. The molecule has 3 aromatic heterocycles. The largest absolute Gasteiger partial charge is 0.383 e. The number of rotatable bonds is 4. The molecule has 0 aliphatic heterocycles. The van der Waals surface area contributed by atoms with Gasteiger partial charge in [-0.05, 0) is 37.4 Å². The van der Waals surface area contributed by atoms with Crippen LogP contribution in [0.15, 0.2) is 42.0 Å². The van der Waals surface area contributed by atoms with Gasteiger partial charge < -0.3 is 20.1 Å². The fourth-order valence-corrected chi connectivity index (χ4v) is 3.08. The Kier molecular flexibility index (Phi) is 4.06. The topological polar surface area (TPSA) is 78.7 Å². The monoisotopic (exact) mass is 330 g/mol. The molecule has 0 unspecified atom stereocenters. The summed E-state index contributed by atoms with van der Waals surface area (Å²) in [6.45, 7) is 3.73. The van der Waals surface area contributed by atoms with Gasteiger partial charge in [-0.2, -0.15) is 0 Å². The van der Waals surface area contributed by atoms with E-state index in [2.05, 4.69) is 15.6 Å². The molecule has 2 amide bonds. The number of aryl methyl sites for hydroxylation is 1. The van der Waals surface area contributed by atoms with Gasteiger partial charge >= 0.3 is 6.03 Å². The molecule has 0 bridgehead atoms. The van der Waals surface area contributed by atoms with Gasteiger partial charge in [-0.1, -0.05) is 6.07 Å². The van der Waals surface area contributed by atoms with Crippen LogP contribution in [0.25, 0.3) is 5.65 Å². The second kappa shape index (κ2) is 6.02. The molecule has 0 fully saturated rings.